The summed E-state index contributed by atoms with van der Waals surface area (Å²) in [5.74, 6) is -0.0589. The quantitative estimate of drug-likeness (QED) is 0.849. The Bertz CT molecular complexity index is 674. The van der Waals surface area contributed by atoms with E-state index in [0.29, 0.717) is 22.9 Å². The van der Waals surface area contributed by atoms with Gasteiger partial charge in [-0.3, -0.25) is 4.79 Å². The van der Waals surface area contributed by atoms with Gasteiger partial charge in [-0.25, -0.2) is 4.39 Å². The molecule has 3 N–H and O–H groups in total. The summed E-state index contributed by atoms with van der Waals surface area (Å²) in [6.07, 6.45) is 0. The Balaban J connectivity index is 2.29. The molecule has 2 aromatic rings. The number of anilines is 2. The molecule has 2 rings (SSSR count). The minimum atomic E-state index is -0.483. The Kier molecular flexibility index (Phi) is 4.27. The maximum absolute atomic E-state index is 13.1. The molecule has 0 fully saturated rings. The molecule has 0 aromatic heterocycles. The predicted molar refractivity (Wildman–Crippen MR) is 78.3 cm³/mol. The standard InChI is InChI=1S/C15H15FN2O3/c1-20-13-7-11(17)12(8-14(13)21-2)18-15(19)9-4-3-5-10(16)6-9/h3-8H,17H2,1-2H3,(H,18,19). The lowest BCUT2D eigenvalue weighted by molar-refractivity contribution is 0.102. The van der Waals surface area contributed by atoms with Crippen molar-refractivity contribution in [3.8, 4) is 11.5 Å². The van der Waals surface area contributed by atoms with Crippen molar-refractivity contribution in [3.63, 3.8) is 0 Å². The van der Waals surface area contributed by atoms with Crippen molar-refractivity contribution in [2.24, 2.45) is 0 Å². The van der Waals surface area contributed by atoms with Crippen LogP contribution in [0.5, 0.6) is 11.5 Å². The fourth-order valence-electron chi connectivity index (χ4n) is 1.83. The molecule has 0 saturated heterocycles. The average Bonchev–Trinajstić information content (AvgIpc) is 2.48. The second-order valence-corrected chi connectivity index (χ2v) is 4.26. The Hall–Kier alpha value is -2.76. The zero-order valence-electron chi connectivity index (χ0n) is 11.6. The molecule has 0 bridgehead atoms. The van der Waals surface area contributed by atoms with Gasteiger partial charge in [-0.2, -0.15) is 0 Å². The van der Waals surface area contributed by atoms with Crippen LogP contribution in [0, 0.1) is 5.82 Å². The number of hydrogen-bond acceptors (Lipinski definition) is 4. The number of benzene rings is 2. The molecule has 0 aliphatic rings. The molecule has 6 heteroatoms. The minimum Gasteiger partial charge on any atom is -0.493 e. The minimum absolute atomic E-state index is 0.198. The third-order valence-electron chi connectivity index (χ3n) is 2.89. The summed E-state index contributed by atoms with van der Waals surface area (Å²) in [5, 5.41) is 2.61. The first-order chi connectivity index (χ1) is 10.0. The number of carbonyl (C=O) groups is 1. The number of ether oxygens (including phenoxy) is 2. The Labute approximate surface area is 121 Å². The molecule has 110 valence electrons. The molecule has 5 nitrogen and oxygen atoms in total. The Morgan fingerprint density at radius 1 is 1.14 bits per heavy atom. The van der Waals surface area contributed by atoms with Crippen molar-refractivity contribution in [1.82, 2.24) is 0 Å². The number of nitrogens with two attached hydrogens (primary N) is 1. The topological polar surface area (TPSA) is 73.6 Å². The second-order valence-electron chi connectivity index (χ2n) is 4.26. The average molecular weight is 290 g/mol. The highest BCUT2D eigenvalue weighted by molar-refractivity contribution is 6.06. The number of rotatable bonds is 4. The summed E-state index contributed by atoms with van der Waals surface area (Å²) in [5.41, 5.74) is 6.73. The monoisotopic (exact) mass is 290 g/mol. The van der Waals surface area contributed by atoms with Gasteiger partial charge >= 0.3 is 0 Å². The molecule has 1 amide bonds. The van der Waals surface area contributed by atoms with Gasteiger partial charge in [0.1, 0.15) is 5.82 Å². The molecule has 0 unspecified atom stereocenters. The molecule has 0 aliphatic heterocycles. The molecular formula is C15H15FN2O3. The number of methoxy groups -OCH3 is 2. The van der Waals surface area contributed by atoms with E-state index in [-0.39, 0.29) is 5.56 Å². The van der Waals surface area contributed by atoms with Crippen LogP contribution in [-0.4, -0.2) is 20.1 Å². The van der Waals surface area contributed by atoms with Crippen LogP contribution in [0.3, 0.4) is 0 Å². The lowest BCUT2D eigenvalue weighted by atomic mass is 10.2. The number of halogens is 1. The highest BCUT2D eigenvalue weighted by Gasteiger charge is 2.13. The van der Waals surface area contributed by atoms with Crippen LogP contribution in [-0.2, 0) is 0 Å². The maximum Gasteiger partial charge on any atom is 0.255 e. The van der Waals surface area contributed by atoms with Crippen LogP contribution in [0.2, 0.25) is 0 Å². The molecule has 21 heavy (non-hydrogen) atoms. The van der Waals surface area contributed by atoms with E-state index in [0.717, 1.165) is 6.07 Å². The van der Waals surface area contributed by atoms with Gasteiger partial charge in [0.15, 0.2) is 11.5 Å². The summed E-state index contributed by atoms with van der Waals surface area (Å²) in [4.78, 5) is 12.1. The van der Waals surface area contributed by atoms with Gasteiger partial charge in [0, 0.05) is 17.7 Å². The van der Waals surface area contributed by atoms with Crippen molar-refractivity contribution >= 4 is 17.3 Å². The van der Waals surface area contributed by atoms with Crippen molar-refractivity contribution in [1.29, 1.82) is 0 Å². The van der Waals surface area contributed by atoms with Crippen LogP contribution in [0.1, 0.15) is 10.4 Å². The maximum atomic E-state index is 13.1. The largest absolute Gasteiger partial charge is 0.493 e. The number of carbonyl (C=O) groups excluding carboxylic acids is 1. The van der Waals surface area contributed by atoms with Crippen molar-refractivity contribution in [3.05, 3.63) is 47.8 Å². The van der Waals surface area contributed by atoms with E-state index in [4.69, 9.17) is 15.2 Å². The van der Waals surface area contributed by atoms with Crippen molar-refractivity contribution in [2.75, 3.05) is 25.3 Å². The van der Waals surface area contributed by atoms with E-state index in [2.05, 4.69) is 5.32 Å². The van der Waals surface area contributed by atoms with E-state index in [9.17, 15) is 9.18 Å². The summed E-state index contributed by atoms with van der Waals surface area (Å²) >= 11 is 0. The number of nitrogen functional groups attached to an aromatic ring is 1. The van der Waals surface area contributed by atoms with Gasteiger partial charge in [0.2, 0.25) is 0 Å². The van der Waals surface area contributed by atoms with E-state index in [1.165, 1.54) is 32.4 Å². The zero-order chi connectivity index (χ0) is 15.4. The number of amides is 1. The van der Waals surface area contributed by atoms with Crippen LogP contribution >= 0.6 is 0 Å². The Morgan fingerprint density at radius 3 is 2.43 bits per heavy atom. The van der Waals surface area contributed by atoms with Crippen molar-refractivity contribution in [2.45, 2.75) is 0 Å². The highest BCUT2D eigenvalue weighted by Crippen LogP contribution is 2.34. The molecule has 0 heterocycles. The third-order valence-corrected chi connectivity index (χ3v) is 2.89. The summed E-state index contributed by atoms with van der Waals surface area (Å²) in [6, 6.07) is 8.47. The first-order valence-corrected chi connectivity index (χ1v) is 6.13. The molecule has 2 aromatic carbocycles. The van der Waals surface area contributed by atoms with E-state index >= 15 is 0 Å². The summed E-state index contributed by atoms with van der Waals surface area (Å²) in [6.45, 7) is 0. The fourth-order valence-corrected chi connectivity index (χ4v) is 1.83. The van der Waals surface area contributed by atoms with Gasteiger partial charge < -0.3 is 20.5 Å². The molecule has 0 radical (unpaired) electrons. The first kappa shape index (κ1) is 14.6. The van der Waals surface area contributed by atoms with E-state index < -0.39 is 11.7 Å². The van der Waals surface area contributed by atoms with Crippen LogP contribution in [0.15, 0.2) is 36.4 Å². The molecule has 0 atom stereocenters. The zero-order valence-corrected chi connectivity index (χ0v) is 11.6. The number of nitrogens with one attached hydrogen (secondary N) is 1. The SMILES string of the molecule is COc1cc(N)c(NC(=O)c2cccc(F)c2)cc1OC. The van der Waals surface area contributed by atoms with E-state index in [1.54, 1.807) is 12.1 Å². The van der Waals surface area contributed by atoms with Gasteiger partial charge in [-0.1, -0.05) is 6.07 Å². The molecule has 0 aliphatic carbocycles. The lowest BCUT2D eigenvalue weighted by Crippen LogP contribution is -2.13. The normalized spacial score (nSPS) is 10.0. The van der Waals surface area contributed by atoms with E-state index in [1.807, 2.05) is 0 Å². The molecule has 0 saturated carbocycles. The summed E-state index contributed by atoms with van der Waals surface area (Å²) in [7, 11) is 2.97. The molecular weight excluding hydrogens is 275 g/mol. The van der Waals surface area contributed by atoms with Crippen LogP contribution in [0.25, 0.3) is 0 Å². The summed E-state index contributed by atoms with van der Waals surface area (Å²) < 4.78 is 23.4. The van der Waals surface area contributed by atoms with Gasteiger partial charge in [-0.05, 0) is 18.2 Å². The first-order valence-electron chi connectivity index (χ1n) is 6.13. The molecule has 0 spiro atoms. The van der Waals surface area contributed by atoms with Gasteiger partial charge in [0.25, 0.3) is 5.91 Å². The lowest BCUT2D eigenvalue weighted by Gasteiger charge is -2.13. The highest BCUT2D eigenvalue weighted by atomic mass is 19.1. The Morgan fingerprint density at radius 2 is 1.81 bits per heavy atom. The van der Waals surface area contributed by atoms with Crippen LogP contribution < -0.4 is 20.5 Å². The van der Waals surface area contributed by atoms with Crippen molar-refractivity contribution < 1.29 is 18.7 Å². The second kappa shape index (κ2) is 6.13. The third kappa shape index (κ3) is 3.22. The van der Waals surface area contributed by atoms with Gasteiger partial charge in [0.05, 0.1) is 25.6 Å². The number of hydrogen-bond donors (Lipinski definition) is 2. The predicted octanol–water partition coefficient (Wildman–Crippen LogP) is 2.68. The van der Waals surface area contributed by atoms with Crippen LogP contribution in [0.4, 0.5) is 15.8 Å². The smallest absolute Gasteiger partial charge is 0.255 e. The van der Waals surface area contributed by atoms with Gasteiger partial charge in [-0.15, -0.1) is 0 Å². The fraction of sp³-hybridized carbons (Fsp3) is 0.133.